The minimum absolute atomic E-state index is 0.333. The average Bonchev–Trinajstić information content (AvgIpc) is 2.70. The first-order chi connectivity index (χ1) is 7.33. The number of hydrogen-bond donors (Lipinski definition) is 1. The molecule has 0 bridgehead atoms. The van der Waals surface area contributed by atoms with Crippen LogP contribution in [0.3, 0.4) is 0 Å². The van der Waals surface area contributed by atoms with Gasteiger partial charge in [-0.05, 0) is 19.8 Å². The van der Waals surface area contributed by atoms with Crippen molar-refractivity contribution in [1.82, 2.24) is 14.9 Å². The Morgan fingerprint density at radius 1 is 1.53 bits per heavy atom. The normalized spacial score (nSPS) is 9.93. The molecule has 0 radical (unpaired) electrons. The number of carbonyl (C=O) groups is 1. The molecule has 0 unspecified atom stereocenters. The molecule has 0 aromatic carbocycles. The van der Waals surface area contributed by atoms with Crippen LogP contribution in [0.25, 0.3) is 0 Å². The molecule has 0 fully saturated rings. The van der Waals surface area contributed by atoms with Crippen molar-refractivity contribution in [3.05, 3.63) is 18.7 Å². The zero-order valence-electron chi connectivity index (χ0n) is 8.98. The summed E-state index contributed by atoms with van der Waals surface area (Å²) in [6, 6.07) is 0. The number of rotatable bonds is 6. The highest BCUT2D eigenvalue weighted by Crippen LogP contribution is 1.94. The van der Waals surface area contributed by atoms with E-state index < -0.39 is 0 Å². The van der Waals surface area contributed by atoms with Gasteiger partial charge in [-0.25, -0.2) is 9.78 Å². The van der Waals surface area contributed by atoms with Crippen molar-refractivity contribution < 1.29 is 9.53 Å². The van der Waals surface area contributed by atoms with Gasteiger partial charge in [0.2, 0.25) is 0 Å². The van der Waals surface area contributed by atoms with Gasteiger partial charge in [0.25, 0.3) is 0 Å². The van der Waals surface area contributed by atoms with E-state index in [1.165, 1.54) is 0 Å². The standard InChI is InChI=1S/C10H17N3O2/c1-2-15-10(14)12-5-3-4-7-13-8-6-11-9-13/h6,8-9H,2-5,7H2,1H3,(H,12,14). The zero-order chi connectivity index (χ0) is 10.9. The first-order valence-corrected chi connectivity index (χ1v) is 5.19. The van der Waals surface area contributed by atoms with Crippen molar-refractivity contribution in [2.75, 3.05) is 13.2 Å². The summed E-state index contributed by atoms with van der Waals surface area (Å²) in [6.45, 7) is 3.80. The van der Waals surface area contributed by atoms with Crippen LogP contribution in [-0.4, -0.2) is 28.8 Å². The molecule has 15 heavy (non-hydrogen) atoms. The molecular formula is C10H17N3O2. The van der Waals surface area contributed by atoms with Crippen LogP contribution in [0, 0.1) is 0 Å². The molecule has 84 valence electrons. The van der Waals surface area contributed by atoms with Crippen LogP contribution in [0.1, 0.15) is 19.8 Å². The van der Waals surface area contributed by atoms with Gasteiger partial charge in [0.05, 0.1) is 12.9 Å². The van der Waals surface area contributed by atoms with Crippen molar-refractivity contribution in [3.8, 4) is 0 Å². The van der Waals surface area contributed by atoms with E-state index in [0.717, 1.165) is 19.4 Å². The van der Waals surface area contributed by atoms with Crippen molar-refractivity contribution in [3.63, 3.8) is 0 Å². The van der Waals surface area contributed by atoms with E-state index >= 15 is 0 Å². The number of nitrogens with one attached hydrogen (secondary N) is 1. The minimum Gasteiger partial charge on any atom is -0.450 e. The highest BCUT2D eigenvalue weighted by Gasteiger charge is 1.98. The Bertz CT molecular complexity index is 272. The van der Waals surface area contributed by atoms with Gasteiger partial charge >= 0.3 is 6.09 Å². The van der Waals surface area contributed by atoms with E-state index in [2.05, 4.69) is 10.3 Å². The highest BCUT2D eigenvalue weighted by atomic mass is 16.5. The third-order valence-electron chi connectivity index (χ3n) is 1.95. The summed E-state index contributed by atoms with van der Waals surface area (Å²) in [5, 5.41) is 2.68. The zero-order valence-corrected chi connectivity index (χ0v) is 8.98. The van der Waals surface area contributed by atoms with E-state index in [4.69, 9.17) is 4.74 Å². The second kappa shape index (κ2) is 6.86. The number of unbranched alkanes of at least 4 members (excludes halogenated alkanes) is 1. The summed E-state index contributed by atoms with van der Waals surface area (Å²) in [5.41, 5.74) is 0. The van der Waals surface area contributed by atoms with Gasteiger partial charge in [-0.3, -0.25) is 0 Å². The van der Waals surface area contributed by atoms with Gasteiger partial charge in [-0.1, -0.05) is 0 Å². The molecule has 0 atom stereocenters. The van der Waals surface area contributed by atoms with Gasteiger partial charge in [0.15, 0.2) is 0 Å². The van der Waals surface area contributed by atoms with Crippen LogP contribution in [0.15, 0.2) is 18.7 Å². The van der Waals surface area contributed by atoms with Crippen LogP contribution < -0.4 is 5.32 Å². The van der Waals surface area contributed by atoms with Crippen LogP contribution in [-0.2, 0) is 11.3 Å². The van der Waals surface area contributed by atoms with E-state index in [-0.39, 0.29) is 6.09 Å². The molecule has 1 heterocycles. The van der Waals surface area contributed by atoms with Crippen molar-refractivity contribution in [2.45, 2.75) is 26.3 Å². The largest absolute Gasteiger partial charge is 0.450 e. The summed E-state index contributed by atoms with van der Waals surface area (Å²) < 4.78 is 6.75. The Morgan fingerprint density at radius 3 is 3.07 bits per heavy atom. The minimum atomic E-state index is -0.333. The van der Waals surface area contributed by atoms with Crippen LogP contribution in [0.2, 0.25) is 0 Å². The molecule has 0 saturated carbocycles. The topological polar surface area (TPSA) is 56.1 Å². The number of amides is 1. The smallest absolute Gasteiger partial charge is 0.407 e. The van der Waals surface area contributed by atoms with E-state index in [1.807, 2.05) is 10.8 Å². The van der Waals surface area contributed by atoms with E-state index in [0.29, 0.717) is 13.2 Å². The molecular weight excluding hydrogens is 194 g/mol. The van der Waals surface area contributed by atoms with Gasteiger partial charge in [0.1, 0.15) is 0 Å². The molecule has 1 amide bonds. The number of aromatic nitrogens is 2. The molecule has 0 aliphatic rings. The van der Waals surface area contributed by atoms with E-state index in [9.17, 15) is 4.79 Å². The fourth-order valence-corrected chi connectivity index (χ4v) is 1.21. The lowest BCUT2D eigenvalue weighted by Gasteiger charge is -2.05. The summed E-state index contributed by atoms with van der Waals surface area (Å²) >= 11 is 0. The number of carbonyl (C=O) groups excluding carboxylic acids is 1. The molecule has 0 aliphatic carbocycles. The summed E-state index contributed by atoms with van der Waals surface area (Å²) in [4.78, 5) is 14.8. The summed E-state index contributed by atoms with van der Waals surface area (Å²) in [7, 11) is 0. The van der Waals surface area contributed by atoms with Gasteiger partial charge < -0.3 is 14.6 Å². The monoisotopic (exact) mass is 211 g/mol. The first kappa shape index (κ1) is 11.6. The third kappa shape index (κ3) is 5.05. The summed E-state index contributed by atoms with van der Waals surface area (Å²) in [5.74, 6) is 0. The Labute approximate surface area is 89.4 Å². The first-order valence-electron chi connectivity index (χ1n) is 5.19. The summed E-state index contributed by atoms with van der Waals surface area (Å²) in [6.07, 6.45) is 7.11. The second-order valence-corrected chi connectivity index (χ2v) is 3.15. The Balaban J connectivity index is 1.95. The number of alkyl carbamates (subject to hydrolysis) is 1. The number of hydrogen-bond acceptors (Lipinski definition) is 3. The molecule has 5 nitrogen and oxygen atoms in total. The van der Waals surface area contributed by atoms with Crippen LogP contribution in [0.4, 0.5) is 4.79 Å². The predicted octanol–water partition coefficient (Wildman–Crippen LogP) is 1.41. The molecule has 0 spiro atoms. The lowest BCUT2D eigenvalue weighted by Crippen LogP contribution is -2.25. The quantitative estimate of drug-likeness (QED) is 0.724. The third-order valence-corrected chi connectivity index (χ3v) is 1.95. The lowest BCUT2D eigenvalue weighted by molar-refractivity contribution is 0.152. The molecule has 1 rings (SSSR count). The molecule has 1 aromatic rings. The van der Waals surface area contributed by atoms with Crippen molar-refractivity contribution in [2.24, 2.45) is 0 Å². The molecule has 0 saturated heterocycles. The van der Waals surface area contributed by atoms with Gasteiger partial charge in [-0.15, -0.1) is 0 Å². The SMILES string of the molecule is CCOC(=O)NCCCCn1ccnc1. The predicted molar refractivity (Wildman–Crippen MR) is 56.5 cm³/mol. The molecule has 0 aliphatic heterocycles. The number of imidazole rings is 1. The fraction of sp³-hybridized carbons (Fsp3) is 0.600. The number of aryl methyl sites for hydroxylation is 1. The van der Waals surface area contributed by atoms with E-state index in [1.54, 1.807) is 19.4 Å². The van der Waals surface area contributed by atoms with Gasteiger partial charge in [-0.2, -0.15) is 0 Å². The lowest BCUT2D eigenvalue weighted by atomic mass is 10.3. The Morgan fingerprint density at radius 2 is 2.40 bits per heavy atom. The Hall–Kier alpha value is -1.52. The molecule has 5 heteroatoms. The Kier molecular flexibility index (Phi) is 5.29. The number of ether oxygens (including phenoxy) is 1. The fourth-order valence-electron chi connectivity index (χ4n) is 1.21. The van der Waals surface area contributed by atoms with Crippen molar-refractivity contribution in [1.29, 1.82) is 0 Å². The van der Waals surface area contributed by atoms with Crippen LogP contribution in [0.5, 0.6) is 0 Å². The maximum absolute atomic E-state index is 10.9. The van der Waals surface area contributed by atoms with Gasteiger partial charge in [0, 0.05) is 25.5 Å². The maximum atomic E-state index is 10.9. The maximum Gasteiger partial charge on any atom is 0.407 e. The van der Waals surface area contributed by atoms with Crippen molar-refractivity contribution >= 4 is 6.09 Å². The number of nitrogens with zero attached hydrogens (tertiary/aromatic N) is 2. The van der Waals surface area contributed by atoms with Crippen LogP contribution >= 0.6 is 0 Å². The second-order valence-electron chi connectivity index (χ2n) is 3.15. The highest BCUT2D eigenvalue weighted by molar-refractivity contribution is 5.66. The molecule has 1 N–H and O–H groups in total. The average molecular weight is 211 g/mol. The molecule has 1 aromatic heterocycles.